The van der Waals surface area contributed by atoms with E-state index in [4.69, 9.17) is 29.0 Å². The van der Waals surface area contributed by atoms with E-state index in [0.717, 1.165) is 66.4 Å². The summed E-state index contributed by atoms with van der Waals surface area (Å²) in [6.07, 6.45) is 6.36. The lowest BCUT2D eigenvalue weighted by Crippen LogP contribution is -2.33. The molecule has 0 amide bonds. The van der Waals surface area contributed by atoms with Crippen molar-refractivity contribution in [2.75, 3.05) is 0 Å². The van der Waals surface area contributed by atoms with Crippen molar-refractivity contribution in [3.8, 4) is 0 Å². The van der Waals surface area contributed by atoms with Crippen molar-refractivity contribution in [2.45, 2.75) is 96.7 Å². The molecule has 0 radical (unpaired) electrons. The van der Waals surface area contributed by atoms with Crippen LogP contribution in [0.3, 0.4) is 0 Å². The maximum absolute atomic E-state index is 12.8. The Morgan fingerprint density at radius 1 is 0.585 bits per heavy atom. The second-order valence-electron chi connectivity index (χ2n) is 13.7. The first kappa shape index (κ1) is 41.1. The topological polar surface area (TPSA) is 124 Å². The van der Waals surface area contributed by atoms with Crippen molar-refractivity contribution < 1.29 is 48.2 Å². The predicted octanol–water partition coefficient (Wildman–Crippen LogP) is 7.24. The Labute approximate surface area is 315 Å². The van der Waals surface area contributed by atoms with Gasteiger partial charge in [-0.15, -0.1) is 26.3 Å². The molecule has 53 heavy (non-hydrogen) atoms. The van der Waals surface area contributed by atoms with Crippen LogP contribution in [0.2, 0.25) is 0 Å². The van der Waals surface area contributed by atoms with Gasteiger partial charge in [-0.3, -0.25) is 0 Å². The minimum absolute atomic E-state index is 0.311. The molecule has 2 aromatic rings. The number of benzene rings is 2. The molecular weight excluding hydrogens is 709 g/mol. The van der Waals surface area contributed by atoms with E-state index in [1.54, 1.807) is 12.1 Å². The van der Waals surface area contributed by atoms with E-state index in [2.05, 4.69) is 26.3 Å². The molecule has 0 aliphatic heterocycles. The monoisotopic (exact) mass is 760 g/mol. The van der Waals surface area contributed by atoms with Crippen molar-refractivity contribution in [2.24, 2.45) is 11.8 Å². The van der Waals surface area contributed by atoms with Gasteiger partial charge in [0.25, 0.3) is 0 Å². The minimum atomic E-state index is -1.81. The summed E-state index contributed by atoms with van der Waals surface area (Å²) in [5, 5.41) is 1.62. The van der Waals surface area contributed by atoms with Crippen molar-refractivity contribution >= 4 is 52.2 Å². The molecule has 10 nitrogen and oxygen atoms in total. The van der Waals surface area contributed by atoms with E-state index in [0.29, 0.717) is 48.6 Å². The van der Waals surface area contributed by atoms with Crippen LogP contribution >= 0.6 is 0 Å². The number of ether oxygens (including phenoxy) is 2. The molecule has 0 unspecified atom stereocenters. The summed E-state index contributed by atoms with van der Waals surface area (Å²) in [6, 6.07) is 11.0. The van der Waals surface area contributed by atoms with Gasteiger partial charge in [0, 0.05) is 0 Å². The highest BCUT2D eigenvalue weighted by Gasteiger charge is 2.31. The van der Waals surface area contributed by atoms with Gasteiger partial charge in [-0.25, -0.2) is 29.1 Å². The highest BCUT2D eigenvalue weighted by molar-refractivity contribution is 6.83. The van der Waals surface area contributed by atoms with Crippen LogP contribution in [0.25, 0.3) is 0 Å². The largest absolute Gasteiger partial charge is 0.550 e. The number of aryl methyl sites for hydroxylation is 2. The summed E-state index contributed by atoms with van der Waals surface area (Å²) >= 11 is 0. The van der Waals surface area contributed by atoms with Crippen molar-refractivity contribution in [3.05, 3.63) is 108 Å². The van der Waals surface area contributed by atoms with Crippen LogP contribution in [0, 0.1) is 11.8 Å². The molecule has 284 valence electrons. The first-order chi connectivity index (χ1) is 25.6. The molecule has 2 aliphatic rings. The second kappa shape index (κ2) is 20.5. The van der Waals surface area contributed by atoms with E-state index in [1.807, 2.05) is 60.9 Å². The Hall–Kier alpha value is -4.69. The van der Waals surface area contributed by atoms with Gasteiger partial charge in [0.15, 0.2) is 0 Å². The molecule has 0 saturated heterocycles. The summed E-state index contributed by atoms with van der Waals surface area (Å²) in [5.41, 5.74) is 10.1. The Balaban J connectivity index is 1.13. The van der Waals surface area contributed by atoms with Crippen LogP contribution in [-0.2, 0) is 41.9 Å². The zero-order valence-corrected chi connectivity index (χ0v) is 33.2. The number of rotatable bonds is 14. The third-order valence-corrected chi connectivity index (χ3v) is 14.8. The van der Waals surface area contributed by atoms with Gasteiger partial charge in [-0.05, 0) is 116 Å². The number of carbonyl (C=O) groups excluding carboxylic acids is 4. The van der Waals surface area contributed by atoms with Crippen LogP contribution in [-0.4, -0.2) is 54.1 Å². The van der Waals surface area contributed by atoms with Crippen molar-refractivity contribution in [1.82, 2.24) is 0 Å². The van der Waals surface area contributed by atoms with Crippen LogP contribution in [0.15, 0.2) is 85.5 Å². The van der Waals surface area contributed by atoms with E-state index >= 15 is 0 Å². The summed E-state index contributed by atoms with van der Waals surface area (Å²) in [5.74, 6) is -0.541. The Kier molecular flexibility index (Phi) is 15.9. The highest BCUT2D eigenvalue weighted by Crippen LogP contribution is 2.37. The van der Waals surface area contributed by atoms with Crippen LogP contribution < -0.4 is 10.4 Å². The van der Waals surface area contributed by atoms with Crippen LogP contribution in [0.1, 0.15) is 103 Å². The Morgan fingerprint density at radius 2 is 0.943 bits per heavy atom. The molecule has 0 bridgehead atoms. The van der Waals surface area contributed by atoms with E-state index in [1.165, 1.54) is 0 Å². The maximum atomic E-state index is 12.8. The maximum Gasteiger partial charge on any atom is 0.550 e. The first-order valence-corrected chi connectivity index (χ1v) is 22.4. The van der Waals surface area contributed by atoms with Crippen molar-refractivity contribution in [1.29, 1.82) is 0 Å². The third-order valence-electron chi connectivity index (χ3n) is 10.4. The molecule has 0 N–H and O–H groups in total. The van der Waals surface area contributed by atoms with Crippen LogP contribution in [0.5, 0.6) is 0 Å². The fraction of sp³-hybridized carbons (Fsp3) is 0.415. The molecular formula is C41H52O10Si2. The number of hydrogen-bond donors (Lipinski definition) is 0. The third kappa shape index (κ3) is 11.7. The second-order valence-corrected chi connectivity index (χ2v) is 18.9. The molecule has 2 saturated carbocycles. The quantitative estimate of drug-likeness (QED) is 0.0843. The zero-order valence-electron chi connectivity index (χ0n) is 30.9. The van der Waals surface area contributed by atoms with Crippen LogP contribution in [0.4, 0.5) is 9.59 Å². The fourth-order valence-corrected chi connectivity index (χ4v) is 10.6. The lowest BCUT2D eigenvalue weighted by molar-refractivity contribution is -0.208. The van der Waals surface area contributed by atoms with E-state index in [9.17, 15) is 19.2 Å². The molecule has 12 heteroatoms. The van der Waals surface area contributed by atoms with Gasteiger partial charge in [0.2, 0.25) is 0 Å². The standard InChI is InChI=1S/C41H52O10Si2/c1-7-28-17-23-34(36(26-28)52(9-3)10-4)38(42)48-50-40(44)46-32-19-13-30(14-20-32)25-31-15-21-33(22-16-31)47-41(45)51-49-39(43)35-24-18-29(8-2)27-37(35)53(11-5)12-6/h9-12,17-18,23-24,26-27,30-33,52-53H,3-8,13-16,19-22,25H2,1-2H3. The Bertz CT molecular complexity index is 1500. The minimum Gasteiger partial charge on any atom is -0.428 e. The molecule has 0 aromatic heterocycles. The van der Waals surface area contributed by atoms with E-state index in [-0.39, 0.29) is 12.2 Å². The van der Waals surface area contributed by atoms with Gasteiger partial charge in [0.05, 0.1) is 11.1 Å². The zero-order chi connectivity index (χ0) is 38.3. The lowest BCUT2D eigenvalue weighted by atomic mass is 9.76. The Morgan fingerprint density at radius 3 is 1.26 bits per heavy atom. The van der Waals surface area contributed by atoms with E-state index < -0.39 is 41.8 Å². The van der Waals surface area contributed by atoms with Gasteiger partial charge in [0.1, 0.15) is 29.8 Å². The summed E-state index contributed by atoms with van der Waals surface area (Å²) in [7, 11) is -3.62. The highest BCUT2D eigenvalue weighted by atomic mass is 28.3. The fourth-order valence-electron chi connectivity index (χ4n) is 7.28. The number of hydrogen-bond acceptors (Lipinski definition) is 10. The average Bonchev–Trinajstić information content (AvgIpc) is 3.18. The summed E-state index contributed by atoms with van der Waals surface area (Å²) < 4.78 is 10.9. The normalized spacial score (nSPS) is 19.7. The van der Waals surface area contributed by atoms with Crippen molar-refractivity contribution in [3.63, 3.8) is 0 Å². The van der Waals surface area contributed by atoms with Gasteiger partial charge in [-0.2, -0.15) is 9.59 Å². The summed E-state index contributed by atoms with van der Waals surface area (Å²) in [4.78, 5) is 69.7. The molecule has 0 spiro atoms. The molecule has 2 aromatic carbocycles. The summed E-state index contributed by atoms with van der Waals surface area (Å²) in [6.45, 7) is 19.6. The molecule has 4 rings (SSSR count). The van der Waals surface area contributed by atoms with Gasteiger partial charge >= 0.3 is 24.2 Å². The smallest absolute Gasteiger partial charge is 0.428 e. The van der Waals surface area contributed by atoms with Gasteiger partial charge < -0.3 is 9.47 Å². The molecule has 2 aliphatic carbocycles. The van der Waals surface area contributed by atoms with Gasteiger partial charge in [-0.1, -0.05) is 60.9 Å². The predicted molar refractivity (Wildman–Crippen MR) is 208 cm³/mol. The SMILES string of the molecule is C=C[SiH](C=C)c1cc(CC)ccc1C(=O)OOC(=O)OC1CCC(CC2CCC(OC(=O)OOC(=O)c3ccc(CC)cc3[SiH](C=C)C=C)CC2)CC1. The molecule has 2 fully saturated rings. The molecule has 0 heterocycles. The lowest BCUT2D eigenvalue weighted by Gasteiger charge is -2.33. The number of carbonyl (C=O) groups is 4. The average molecular weight is 761 g/mol. The molecule has 0 atom stereocenters. The first-order valence-electron chi connectivity index (χ1n) is 18.6.